The second-order valence-corrected chi connectivity index (χ2v) is 7.66. The van der Waals surface area contributed by atoms with Gasteiger partial charge >= 0.3 is 0 Å². The molecule has 0 saturated carbocycles. The van der Waals surface area contributed by atoms with E-state index in [-0.39, 0.29) is 11.7 Å². The normalized spacial score (nSPS) is 20.1. The van der Waals surface area contributed by atoms with E-state index in [9.17, 15) is 10.1 Å². The highest BCUT2D eigenvalue weighted by atomic mass is 32.1. The largest absolute Gasteiger partial charge is 0.496 e. The van der Waals surface area contributed by atoms with Gasteiger partial charge in [-0.3, -0.25) is 10.1 Å². The number of rotatable bonds is 4. The van der Waals surface area contributed by atoms with Gasteiger partial charge in [-0.25, -0.2) is 0 Å². The van der Waals surface area contributed by atoms with Gasteiger partial charge in [0.05, 0.1) is 34.2 Å². The van der Waals surface area contributed by atoms with Crippen LogP contribution in [0.3, 0.4) is 0 Å². The maximum atomic E-state index is 11.4. The lowest BCUT2D eigenvalue weighted by molar-refractivity contribution is -0.385. The van der Waals surface area contributed by atoms with Crippen LogP contribution in [0.5, 0.6) is 11.5 Å². The van der Waals surface area contributed by atoms with Crippen LogP contribution in [0.1, 0.15) is 28.3 Å². The molecule has 0 fully saturated rings. The standard InChI is InChI=1S/C21H17N3O4S/c1-27-18-9-8-13(24(25)26)11-15(18)21-23-17(14-5-2-3-6-19(14)28-21)12-16(22-23)20-7-4-10-29-20/h2-12,17,21-22H,1H3/t17-,21+/m0/s1. The number of methoxy groups -OCH3 is 1. The summed E-state index contributed by atoms with van der Waals surface area (Å²) in [4.78, 5) is 12.1. The van der Waals surface area contributed by atoms with E-state index in [0.717, 1.165) is 21.9 Å². The minimum absolute atomic E-state index is 0.00885. The first-order chi connectivity index (χ1) is 14.2. The number of thiophene rings is 1. The second kappa shape index (κ2) is 6.91. The van der Waals surface area contributed by atoms with Crippen LogP contribution >= 0.6 is 11.3 Å². The number of hydrazine groups is 1. The van der Waals surface area contributed by atoms with Crippen molar-refractivity contribution in [1.29, 1.82) is 0 Å². The van der Waals surface area contributed by atoms with Crippen LogP contribution in [0.15, 0.2) is 66.1 Å². The molecule has 8 heteroatoms. The molecule has 0 saturated heterocycles. The third kappa shape index (κ3) is 2.93. The lowest BCUT2D eigenvalue weighted by Gasteiger charge is -2.39. The number of nitro benzene ring substituents is 1. The van der Waals surface area contributed by atoms with Crippen LogP contribution in [0.25, 0.3) is 5.70 Å². The lowest BCUT2D eigenvalue weighted by Crippen LogP contribution is -2.43. The second-order valence-electron chi connectivity index (χ2n) is 6.71. The fourth-order valence-electron chi connectivity index (χ4n) is 3.75. The molecule has 3 heterocycles. The number of nitrogens with one attached hydrogen (secondary N) is 1. The van der Waals surface area contributed by atoms with Crippen molar-refractivity contribution in [2.75, 3.05) is 7.11 Å². The van der Waals surface area contributed by atoms with Crippen LogP contribution in [-0.2, 0) is 0 Å². The van der Waals surface area contributed by atoms with Crippen molar-refractivity contribution in [2.45, 2.75) is 12.3 Å². The molecule has 1 N–H and O–H groups in total. The summed E-state index contributed by atoms with van der Waals surface area (Å²) in [5.74, 6) is 1.28. The maximum absolute atomic E-state index is 11.4. The maximum Gasteiger partial charge on any atom is 0.270 e. The molecule has 7 nitrogen and oxygen atoms in total. The number of fused-ring (bicyclic) bond motifs is 3. The molecule has 2 aliphatic heterocycles. The van der Waals surface area contributed by atoms with Gasteiger partial charge in [-0.15, -0.1) is 11.3 Å². The number of para-hydroxylation sites is 1. The Morgan fingerprint density at radius 2 is 2.03 bits per heavy atom. The van der Waals surface area contributed by atoms with E-state index in [2.05, 4.69) is 17.6 Å². The molecule has 1 aromatic heterocycles. The molecular formula is C21H17N3O4S. The highest BCUT2D eigenvalue weighted by molar-refractivity contribution is 7.11. The third-order valence-electron chi connectivity index (χ3n) is 5.08. The molecule has 146 valence electrons. The fraction of sp³-hybridized carbons (Fsp3) is 0.143. The van der Waals surface area contributed by atoms with Crippen LogP contribution in [0.2, 0.25) is 0 Å². The molecule has 2 atom stereocenters. The summed E-state index contributed by atoms with van der Waals surface area (Å²) in [5.41, 5.74) is 6.04. The number of hydrogen-bond donors (Lipinski definition) is 1. The summed E-state index contributed by atoms with van der Waals surface area (Å²) in [5, 5.41) is 15.4. The monoisotopic (exact) mass is 407 g/mol. The number of non-ortho nitro benzene ring substituents is 1. The molecule has 0 spiro atoms. The number of benzene rings is 2. The summed E-state index contributed by atoms with van der Waals surface area (Å²) < 4.78 is 11.8. The van der Waals surface area contributed by atoms with Gasteiger partial charge in [-0.2, -0.15) is 5.01 Å². The first-order valence-electron chi connectivity index (χ1n) is 9.04. The molecule has 29 heavy (non-hydrogen) atoms. The number of hydrogen-bond acceptors (Lipinski definition) is 7. The van der Waals surface area contributed by atoms with E-state index < -0.39 is 11.2 Å². The summed E-state index contributed by atoms with van der Waals surface area (Å²) >= 11 is 1.65. The van der Waals surface area contributed by atoms with Crippen molar-refractivity contribution in [3.8, 4) is 11.5 Å². The highest BCUT2D eigenvalue weighted by Crippen LogP contribution is 2.48. The van der Waals surface area contributed by atoms with Crippen molar-refractivity contribution >= 4 is 22.7 Å². The summed E-state index contributed by atoms with van der Waals surface area (Å²) in [7, 11) is 1.55. The van der Waals surface area contributed by atoms with Gasteiger partial charge in [-0.1, -0.05) is 24.3 Å². The Kier molecular flexibility index (Phi) is 4.22. The van der Waals surface area contributed by atoms with Crippen molar-refractivity contribution < 1.29 is 14.4 Å². The molecule has 0 radical (unpaired) electrons. The number of nitrogens with zero attached hydrogens (tertiary/aromatic N) is 2. The smallest absolute Gasteiger partial charge is 0.270 e. The van der Waals surface area contributed by atoms with E-state index in [4.69, 9.17) is 9.47 Å². The Morgan fingerprint density at radius 3 is 2.79 bits per heavy atom. The fourth-order valence-corrected chi connectivity index (χ4v) is 4.45. The van der Waals surface area contributed by atoms with Gasteiger partial charge in [0, 0.05) is 17.7 Å². The molecule has 0 aliphatic carbocycles. The minimum atomic E-state index is -0.599. The van der Waals surface area contributed by atoms with E-state index in [1.165, 1.54) is 12.1 Å². The van der Waals surface area contributed by atoms with E-state index in [1.807, 2.05) is 40.7 Å². The topological polar surface area (TPSA) is 76.9 Å². The summed E-state index contributed by atoms with van der Waals surface area (Å²) in [6.07, 6.45) is 1.56. The molecule has 3 aromatic rings. The first kappa shape index (κ1) is 17.7. The van der Waals surface area contributed by atoms with Gasteiger partial charge in [0.15, 0.2) is 6.23 Å². The Hall–Kier alpha value is -3.36. The molecule has 0 unspecified atom stereocenters. The van der Waals surface area contributed by atoms with Crippen molar-refractivity contribution in [3.05, 3.63) is 92.2 Å². The molecule has 0 bridgehead atoms. The average molecular weight is 407 g/mol. The molecule has 5 rings (SSSR count). The zero-order valence-corrected chi connectivity index (χ0v) is 16.3. The van der Waals surface area contributed by atoms with Gasteiger partial charge < -0.3 is 14.9 Å². The summed E-state index contributed by atoms with van der Waals surface area (Å²) in [6.45, 7) is 0. The quantitative estimate of drug-likeness (QED) is 0.501. The zero-order valence-electron chi connectivity index (χ0n) is 15.4. The molecule has 2 aliphatic rings. The third-order valence-corrected chi connectivity index (χ3v) is 5.98. The summed E-state index contributed by atoms with van der Waals surface area (Å²) in [6, 6.07) is 16.4. The van der Waals surface area contributed by atoms with E-state index in [1.54, 1.807) is 24.5 Å². The van der Waals surface area contributed by atoms with Gasteiger partial charge in [0.25, 0.3) is 5.69 Å². The van der Waals surface area contributed by atoms with Crippen molar-refractivity contribution in [2.24, 2.45) is 0 Å². The lowest BCUT2D eigenvalue weighted by atomic mass is 10.0. The van der Waals surface area contributed by atoms with Crippen LogP contribution < -0.4 is 14.9 Å². The highest BCUT2D eigenvalue weighted by Gasteiger charge is 2.41. The van der Waals surface area contributed by atoms with Crippen molar-refractivity contribution in [3.63, 3.8) is 0 Å². The SMILES string of the molecule is COc1ccc([N+](=O)[O-])cc1[C@H]1Oc2ccccc2[C@@H]2C=C(c3cccs3)NN12. The average Bonchev–Trinajstić information content (AvgIpc) is 3.42. The first-order valence-corrected chi connectivity index (χ1v) is 9.92. The van der Waals surface area contributed by atoms with Gasteiger partial charge in [0.1, 0.15) is 11.5 Å². The molecule has 2 aromatic carbocycles. The predicted molar refractivity (Wildman–Crippen MR) is 109 cm³/mol. The van der Waals surface area contributed by atoms with E-state index in [0.29, 0.717) is 11.3 Å². The van der Waals surface area contributed by atoms with E-state index >= 15 is 0 Å². The number of ether oxygens (including phenoxy) is 2. The molecular weight excluding hydrogens is 390 g/mol. The predicted octanol–water partition coefficient (Wildman–Crippen LogP) is 4.66. The van der Waals surface area contributed by atoms with Crippen LogP contribution in [-0.4, -0.2) is 17.0 Å². The number of nitro groups is 1. The Balaban J connectivity index is 1.63. The van der Waals surface area contributed by atoms with Crippen molar-refractivity contribution in [1.82, 2.24) is 10.4 Å². The minimum Gasteiger partial charge on any atom is -0.496 e. The Labute approximate surface area is 170 Å². The van der Waals surface area contributed by atoms with Crippen LogP contribution in [0, 0.1) is 10.1 Å². The van der Waals surface area contributed by atoms with Gasteiger partial charge in [0.2, 0.25) is 0 Å². The van der Waals surface area contributed by atoms with Crippen LogP contribution in [0.4, 0.5) is 5.69 Å². The Morgan fingerprint density at radius 1 is 1.17 bits per heavy atom. The Bertz CT molecular complexity index is 1110. The van der Waals surface area contributed by atoms with Gasteiger partial charge in [-0.05, 0) is 29.7 Å². The molecule has 0 amide bonds. The zero-order chi connectivity index (χ0) is 20.0.